The fourth-order valence-electron chi connectivity index (χ4n) is 1.72. The normalized spacial score (nSPS) is 11.2. The summed E-state index contributed by atoms with van der Waals surface area (Å²) in [5, 5.41) is 0. The van der Waals surface area contributed by atoms with Gasteiger partial charge in [-0.3, -0.25) is 14.5 Å². The zero-order chi connectivity index (χ0) is 14.8. The Morgan fingerprint density at radius 3 is 2.55 bits per heavy atom. The first kappa shape index (κ1) is 14.1. The third-order valence-corrected chi connectivity index (χ3v) is 4.09. The van der Waals surface area contributed by atoms with Gasteiger partial charge in [0.25, 0.3) is 15.6 Å². The number of rotatable bonds is 4. The van der Waals surface area contributed by atoms with Gasteiger partial charge in [-0.05, 0) is 18.1 Å². The van der Waals surface area contributed by atoms with Crippen LogP contribution in [0.25, 0.3) is 0 Å². The number of nitrogens with one attached hydrogen (secondary N) is 3. The first-order valence-electron chi connectivity index (χ1n) is 5.87. The minimum Gasteiger partial charge on any atom is -0.313 e. The van der Waals surface area contributed by atoms with E-state index in [1.165, 1.54) is 0 Å². The lowest BCUT2D eigenvalue weighted by Crippen LogP contribution is -2.29. The van der Waals surface area contributed by atoms with Crippen LogP contribution >= 0.6 is 0 Å². The molecule has 7 nitrogen and oxygen atoms in total. The highest BCUT2D eigenvalue weighted by Crippen LogP contribution is 2.18. The van der Waals surface area contributed by atoms with E-state index in [0.29, 0.717) is 12.1 Å². The van der Waals surface area contributed by atoms with Crippen molar-refractivity contribution in [1.29, 1.82) is 0 Å². The van der Waals surface area contributed by atoms with Crippen molar-refractivity contribution in [2.24, 2.45) is 0 Å². The van der Waals surface area contributed by atoms with Crippen molar-refractivity contribution in [1.82, 2.24) is 9.97 Å². The summed E-state index contributed by atoms with van der Waals surface area (Å²) in [6, 6.07) is 6.88. The second-order valence-corrected chi connectivity index (χ2v) is 5.70. The van der Waals surface area contributed by atoms with Crippen molar-refractivity contribution >= 4 is 15.7 Å². The number of aromatic nitrogens is 2. The molecule has 0 unspecified atom stereocenters. The van der Waals surface area contributed by atoms with Gasteiger partial charge in [0.15, 0.2) is 4.90 Å². The topological polar surface area (TPSA) is 112 Å². The minimum atomic E-state index is -4.06. The van der Waals surface area contributed by atoms with Crippen molar-refractivity contribution in [3.05, 3.63) is 56.9 Å². The molecule has 106 valence electrons. The van der Waals surface area contributed by atoms with Gasteiger partial charge >= 0.3 is 5.69 Å². The van der Waals surface area contributed by atoms with Crippen LogP contribution in [-0.4, -0.2) is 18.4 Å². The molecular weight excluding hydrogens is 282 g/mol. The van der Waals surface area contributed by atoms with Gasteiger partial charge in [0.2, 0.25) is 0 Å². The maximum absolute atomic E-state index is 12.1. The molecule has 2 aromatic rings. The van der Waals surface area contributed by atoms with E-state index in [9.17, 15) is 18.0 Å². The molecule has 1 aromatic carbocycles. The molecule has 2 rings (SSSR count). The van der Waals surface area contributed by atoms with Crippen LogP contribution in [0.5, 0.6) is 0 Å². The molecule has 0 fully saturated rings. The van der Waals surface area contributed by atoms with Crippen LogP contribution < -0.4 is 16.0 Å². The van der Waals surface area contributed by atoms with E-state index in [2.05, 4.69) is 9.71 Å². The lowest BCUT2D eigenvalue weighted by molar-refractivity contribution is 0.599. The number of benzene rings is 1. The van der Waals surface area contributed by atoms with Gasteiger partial charge < -0.3 is 4.98 Å². The molecule has 0 aliphatic carbocycles. The van der Waals surface area contributed by atoms with Crippen LogP contribution in [0.2, 0.25) is 0 Å². The van der Waals surface area contributed by atoms with Crippen molar-refractivity contribution in [2.45, 2.75) is 18.2 Å². The van der Waals surface area contributed by atoms with Crippen LogP contribution in [0, 0.1) is 0 Å². The highest BCUT2D eigenvalue weighted by Gasteiger charge is 2.19. The third kappa shape index (κ3) is 2.80. The Morgan fingerprint density at radius 1 is 1.20 bits per heavy atom. The van der Waals surface area contributed by atoms with Crippen LogP contribution in [0.4, 0.5) is 5.69 Å². The average Bonchev–Trinajstić information content (AvgIpc) is 2.38. The van der Waals surface area contributed by atoms with Crippen LogP contribution in [0.1, 0.15) is 12.5 Å². The molecule has 0 aliphatic rings. The number of hydrogen-bond donors (Lipinski definition) is 3. The average molecular weight is 295 g/mol. The van der Waals surface area contributed by atoms with Crippen LogP contribution in [-0.2, 0) is 16.4 Å². The van der Waals surface area contributed by atoms with E-state index in [1.54, 1.807) is 24.3 Å². The molecule has 8 heteroatoms. The number of anilines is 1. The number of H-pyrrole nitrogens is 2. The molecule has 0 atom stereocenters. The second-order valence-electron chi connectivity index (χ2n) is 4.05. The summed E-state index contributed by atoms with van der Waals surface area (Å²) >= 11 is 0. The Labute approximate surface area is 114 Å². The summed E-state index contributed by atoms with van der Waals surface area (Å²) in [6.45, 7) is 1.89. The fraction of sp³-hybridized carbons (Fsp3) is 0.167. The maximum atomic E-state index is 12.1. The summed E-state index contributed by atoms with van der Waals surface area (Å²) in [5.41, 5.74) is -0.518. The molecule has 20 heavy (non-hydrogen) atoms. The monoisotopic (exact) mass is 295 g/mol. The second kappa shape index (κ2) is 5.33. The van der Waals surface area contributed by atoms with E-state index in [-0.39, 0.29) is 0 Å². The summed E-state index contributed by atoms with van der Waals surface area (Å²) in [7, 11) is -4.06. The third-order valence-electron chi connectivity index (χ3n) is 2.72. The maximum Gasteiger partial charge on any atom is 0.325 e. The molecule has 0 saturated heterocycles. The molecule has 0 spiro atoms. The number of sulfonamides is 1. The largest absolute Gasteiger partial charge is 0.325 e. The van der Waals surface area contributed by atoms with Gasteiger partial charge in [-0.25, -0.2) is 13.2 Å². The summed E-state index contributed by atoms with van der Waals surface area (Å²) in [5.74, 6) is 0. The SMILES string of the molecule is CCc1ccccc1NS(=O)(=O)c1c[nH]c(=O)[nH]c1=O. The summed E-state index contributed by atoms with van der Waals surface area (Å²) < 4.78 is 26.6. The number of aromatic amines is 2. The minimum absolute atomic E-state index is 0.403. The van der Waals surface area contributed by atoms with Gasteiger partial charge in [-0.1, -0.05) is 25.1 Å². The van der Waals surface area contributed by atoms with Gasteiger partial charge in [-0.2, -0.15) is 0 Å². The van der Waals surface area contributed by atoms with Crippen molar-refractivity contribution in [3.8, 4) is 0 Å². The number of aryl methyl sites for hydroxylation is 1. The first-order valence-corrected chi connectivity index (χ1v) is 7.35. The quantitative estimate of drug-likeness (QED) is 0.759. The molecule has 1 heterocycles. The molecule has 0 aliphatic heterocycles. The Morgan fingerprint density at radius 2 is 1.90 bits per heavy atom. The number of hydrogen-bond acceptors (Lipinski definition) is 4. The van der Waals surface area contributed by atoms with Gasteiger partial charge in [0.1, 0.15) is 0 Å². The first-order chi connectivity index (χ1) is 9.44. The molecular formula is C12H13N3O4S. The van der Waals surface area contributed by atoms with Crippen molar-refractivity contribution in [3.63, 3.8) is 0 Å². The highest BCUT2D eigenvalue weighted by molar-refractivity contribution is 7.92. The zero-order valence-corrected chi connectivity index (χ0v) is 11.5. The van der Waals surface area contributed by atoms with E-state index < -0.39 is 26.2 Å². The van der Waals surface area contributed by atoms with E-state index in [1.807, 2.05) is 11.9 Å². The van der Waals surface area contributed by atoms with E-state index >= 15 is 0 Å². The lowest BCUT2D eigenvalue weighted by atomic mass is 10.1. The highest BCUT2D eigenvalue weighted by atomic mass is 32.2. The standard InChI is InChI=1S/C12H13N3O4S/c1-2-8-5-3-4-6-9(8)15-20(18,19)10-7-13-12(17)14-11(10)16/h3-7,15H,2H2,1H3,(H2,13,14,16,17). The zero-order valence-electron chi connectivity index (χ0n) is 10.6. The van der Waals surface area contributed by atoms with E-state index in [0.717, 1.165) is 11.8 Å². The smallest absolute Gasteiger partial charge is 0.313 e. The van der Waals surface area contributed by atoms with Gasteiger partial charge in [0, 0.05) is 6.20 Å². The van der Waals surface area contributed by atoms with Gasteiger partial charge in [0.05, 0.1) is 5.69 Å². The van der Waals surface area contributed by atoms with Crippen molar-refractivity contribution in [2.75, 3.05) is 4.72 Å². The Hall–Kier alpha value is -2.35. The molecule has 0 radical (unpaired) electrons. The predicted octanol–water partition coefficient (Wildman–Crippen LogP) is 0.426. The molecule has 0 amide bonds. The summed E-state index contributed by atoms with van der Waals surface area (Å²) in [6.07, 6.45) is 1.51. The van der Waals surface area contributed by atoms with E-state index in [4.69, 9.17) is 0 Å². The fourth-order valence-corrected chi connectivity index (χ4v) is 2.83. The number of para-hydroxylation sites is 1. The van der Waals surface area contributed by atoms with Crippen LogP contribution in [0.15, 0.2) is 44.9 Å². The van der Waals surface area contributed by atoms with Gasteiger partial charge in [-0.15, -0.1) is 0 Å². The Kier molecular flexibility index (Phi) is 3.75. The van der Waals surface area contributed by atoms with Crippen LogP contribution in [0.3, 0.4) is 0 Å². The van der Waals surface area contributed by atoms with Crippen molar-refractivity contribution < 1.29 is 8.42 Å². The molecule has 0 bridgehead atoms. The molecule has 0 saturated carbocycles. The molecule has 1 aromatic heterocycles. The lowest BCUT2D eigenvalue weighted by Gasteiger charge is -2.10. The Bertz CT molecular complexity index is 836. The molecule has 3 N–H and O–H groups in total. The predicted molar refractivity (Wildman–Crippen MR) is 74.3 cm³/mol. The Balaban J connectivity index is 2.46. The summed E-state index contributed by atoms with van der Waals surface area (Å²) in [4.78, 5) is 25.9.